The fourth-order valence-electron chi connectivity index (χ4n) is 4.91. The number of rotatable bonds is 8. The standard InChI is InChI=1S/C30H32ClN7O4/c1-36-26-14-8-21(17-25(26)34-35-36)18-33-28(39)27-19-37(30(41)42-23-11-9-22(31)10-12-23)15-16-38(27)29(40)24(32)13-7-20-5-3-2-4-6-20/h2-6,8-12,14,17,24,27H,7,13,15-16,18-19,32H2,1H3,(H,33,39). The molecule has 218 valence electrons. The van der Waals surface area contributed by atoms with Gasteiger partial charge in [0.2, 0.25) is 11.8 Å². The van der Waals surface area contributed by atoms with Gasteiger partial charge < -0.3 is 25.6 Å². The fraction of sp³-hybridized carbons (Fsp3) is 0.300. The fourth-order valence-corrected chi connectivity index (χ4v) is 5.04. The number of nitrogens with one attached hydrogen (secondary N) is 1. The second kappa shape index (κ2) is 13.0. The van der Waals surface area contributed by atoms with Crippen molar-refractivity contribution < 1.29 is 19.1 Å². The number of aryl methyl sites for hydroxylation is 2. The normalized spacial score (nSPS) is 15.8. The minimum absolute atomic E-state index is 0.0431. The summed E-state index contributed by atoms with van der Waals surface area (Å²) in [6, 6.07) is 20.0. The molecule has 0 aliphatic carbocycles. The summed E-state index contributed by atoms with van der Waals surface area (Å²) in [5, 5.41) is 11.6. The number of ether oxygens (including phenoxy) is 1. The van der Waals surface area contributed by atoms with Gasteiger partial charge in [0.05, 0.1) is 18.1 Å². The SMILES string of the molecule is Cn1nnc2cc(CNC(=O)C3CN(C(=O)Oc4ccc(Cl)cc4)CCN3C(=O)C(N)CCc3ccccc3)ccc21. The zero-order valence-corrected chi connectivity index (χ0v) is 23.9. The highest BCUT2D eigenvalue weighted by atomic mass is 35.5. The third-order valence-corrected chi connectivity index (χ3v) is 7.54. The van der Waals surface area contributed by atoms with E-state index in [1.54, 1.807) is 36.0 Å². The van der Waals surface area contributed by atoms with E-state index in [1.165, 1.54) is 9.80 Å². The van der Waals surface area contributed by atoms with Gasteiger partial charge in [-0.3, -0.25) is 9.59 Å². The van der Waals surface area contributed by atoms with Crippen LogP contribution in [0.15, 0.2) is 72.8 Å². The van der Waals surface area contributed by atoms with Gasteiger partial charge in [0.25, 0.3) is 0 Å². The van der Waals surface area contributed by atoms with Crippen molar-refractivity contribution in [3.05, 3.63) is 88.9 Å². The Hall–Kier alpha value is -4.48. The molecule has 4 aromatic rings. The first kappa shape index (κ1) is 29.0. The molecule has 0 saturated carbocycles. The molecule has 3 N–H and O–H groups in total. The lowest BCUT2D eigenvalue weighted by molar-refractivity contribution is -0.144. The highest BCUT2D eigenvalue weighted by Crippen LogP contribution is 2.19. The Morgan fingerprint density at radius 2 is 1.81 bits per heavy atom. The number of nitrogens with zero attached hydrogens (tertiary/aromatic N) is 5. The third-order valence-electron chi connectivity index (χ3n) is 7.29. The number of hydrogen-bond acceptors (Lipinski definition) is 7. The Bertz CT molecular complexity index is 1560. The second-order valence-corrected chi connectivity index (χ2v) is 10.6. The Morgan fingerprint density at radius 1 is 1.05 bits per heavy atom. The highest BCUT2D eigenvalue weighted by molar-refractivity contribution is 6.30. The molecule has 3 aromatic carbocycles. The summed E-state index contributed by atoms with van der Waals surface area (Å²) in [4.78, 5) is 42.9. The van der Waals surface area contributed by atoms with Gasteiger partial charge in [-0.15, -0.1) is 5.10 Å². The summed E-state index contributed by atoms with van der Waals surface area (Å²) < 4.78 is 7.16. The van der Waals surface area contributed by atoms with Gasteiger partial charge in [-0.25, -0.2) is 9.48 Å². The molecule has 0 radical (unpaired) electrons. The zero-order valence-electron chi connectivity index (χ0n) is 23.1. The van der Waals surface area contributed by atoms with Crippen LogP contribution in [0.4, 0.5) is 4.79 Å². The number of nitrogens with two attached hydrogens (primary N) is 1. The van der Waals surface area contributed by atoms with Gasteiger partial charge in [-0.1, -0.05) is 53.2 Å². The summed E-state index contributed by atoms with van der Waals surface area (Å²) >= 11 is 5.93. The lowest BCUT2D eigenvalue weighted by Gasteiger charge is -2.40. The number of halogens is 1. The first-order chi connectivity index (χ1) is 20.3. The molecular formula is C30H32ClN7O4. The van der Waals surface area contributed by atoms with E-state index in [1.807, 2.05) is 48.5 Å². The van der Waals surface area contributed by atoms with Crippen LogP contribution >= 0.6 is 11.6 Å². The largest absolute Gasteiger partial charge is 0.415 e. The van der Waals surface area contributed by atoms with Gasteiger partial charge in [0, 0.05) is 31.7 Å². The topological polar surface area (TPSA) is 136 Å². The van der Waals surface area contributed by atoms with Crippen LogP contribution in [0, 0.1) is 0 Å². The molecule has 42 heavy (non-hydrogen) atoms. The van der Waals surface area contributed by atoms with Crippen molar-refractivity contribution in [2.45, 2.75) is 31.5 Å². The maximum absolute atomic E-state index is 13.5. The first-order valence-electron chi connectivity index (χ1n) is 13.7. The summed E-state index contributed by atoms with van der Waals surface area (Å²) in [5.41, 5.74) is 9.81. The first-order valence-corrected chi connectivity index (χ1v) is 14.0. The van der Waals surface area contributed by atoms with Crippen molar-refractivity contribution in [3.63, 3.8) is 0 Å². The third kappa shape index (κ3) is 6.87. The van der Waals surface area contributed by atoms with Gasteiger partial charge >= 0.3 is 6.09 Å². The van der Waals surface area contributed by atoms with E-state index in [9.17, 15) is 14.4 Å². The van der Waals surface area contributed by atoms with Crippen LogP contribution in [0.2, 0.25) is 5.02 Å². The van der Waals surface area contributed by atoms with E-state index in [2.05, 4.69) is 15.6 Å². The predicted octanol–water partition coefficient (Wildman–Crippen LogP) is 2.91. The average molecular weight is 590 g/mol. The number of benzene rings is 3. The number of carbonyl (C=O) groups excluding carboxylic acids is 3. The second-order valence-electron chi connectivity index (χ2n) is 10.2. The van der Waals surface area contributed by atoms with Gasteiger partial charge in [0.1, 0.15) is 17.3 Å². The average Bonchev–Trinajstić information content (AvgIpc) is 3.39. The van der Waals surface area contributed by atoms with Gasteiger partial charge in [0.15, 0.2) is 0 Å². The Kier molecular flexibility index (Phi) is 8.99. The molecule has 1 aromatic heterocycles. The maximum atomic E-state index is 13.5. The number of carbonyl (C=O) groups is 3. The molecule has 1 fully saturated rings. The monoisotopic (exact) mass is 589 g/mol. The molecule has 3 amide bonds. The molecule has 0 spiro atoms. The van der Waals surface area contributed by atoms with Crippen molar-refractivity contribution >= 4 is 40.5 Å². The van der Waals surface area contributed by atoms with Crippen molar-refractivity contribution in [2.24, 2.45) is 12.8 Å². The minimum Gasteiger partial charge on any atom is -0.410 e. The number of fused-ring (bicyclic) bond motifs is 1. The maximum Gasteiger partial charge on any atom is 0.415 e. The number of aromatic nitrogens is 3. The lowest BCUT2D eigenvalue weighted by atomic mass is 10.0. The number of amides is 3. The molecule has 1 aliphatic rings. The summed E-state index contributed by atoms with van der Waals surface area (Å²) in [6.45, 7) is 0.492. The highest BCUT2D eigenvalue weighted by Gasteiger charge is 2.39. The zero-order chi connectivity index (χ0) is 29.6. The van der Waals surface area contributed by atoms with Crippen molar-refractivity contribution in [1.82, 2.24) is 30.1 Å². The number of hydrogen-bond donors (Lipinski definition) is 2. The van der Waals surface area contributed by atoms with Crippen LogP contribution in [0.3, 0.4) is 0 Å². The molecule has 1 saturated heterocycles. The van der Waals surface area contributed by atoms with E-state index >= 15 is 0 Å². The smallest absolute Gasteiger partial charge is 0.410 e. The van der Waals surface area contributed by atoms with E-state index < -0.39 is 24.1 Å². The summed E-state index contributed by atoms with van der Waals surface area (Å²) in [5.74, 6) is -0.411. The lowest BCUT2D eigenvalue weighted by Crippen LogP contribution is -2.64. The molecule has 5 rings (SSSR count). The van der Waals surface area contributed by atoms with Crippen LogP contribution in [0.25, 0.3) is 11.0 Å². The summed E-state index contributed by atoms with van der Waals surface area (Å²) in [7, 11) is 1.81. The van der Waals surface area contributed by atoms with Gasteiger partial charge in [-0.2, -0.15) is 0 Å². The van der Waals surface area contributed by atoms with Crippen LogP contribution in [0.5, 0.6) is 5.75 Å². The molecule has 0 bridgehead atoms. The predicted molar refractivity (Wildman–Crippen MR) is 158 cm³/mol. The molecule has 1 aliphatic heterocycles. The molecule has 2 atom stereocenters. The molecule has 11 nitrogen and oxygen atoms in total. The van der Waals surface area contributed by atoms with Crippen molar-refractivity contribution in [3.8, 4) is 5.75 Å². The minimum atomic E-state index is -0.952. The Balaban J connectivity index is 1.28. The number of piperazine rings is 1. The van der Waals surface area contributed by atoms with E-state index in [4.69, 9.17) is 22.1 Å². The quantitative estimate of drug-likeness (QED) is 0.322. The van der Waals surface area contributed by atoms with Crippen molar-refractivity contribution in [2.75, 3.05) is 19.6 Å². The van der Waals surface area contributed by atoms with Crippen LogP contribution in [-0.4, -0.2) is 74.4 Å². The van der Waals surface area contributed by atoms with Crippen LogP contribution in [0.1, 0.15) is 17.5 Å². The van der Waals surface area contributed by atoms with E-state index in [0.717, 1.165) is 16.6 Å². The van der Waals surface area contributed by atoms with Crippen molar-refractivity contribution in [1.29, 1.82) is 0 Å². The molecule has 2 unspecified atom stereocenters. The van der Waals surface area contributed by atoms with E-state index in [0.29, 0.717) is 29.1 Å². The summed E-state index contributed by atoms with van der Waals surface area (Å²) in [6.07, 6.45) is 0.431. The Labute approximate surface area is 248 Å². The van der Waals surface area contributed by atoms with Crippen LogP contribution < -0.4 is 15.8 Å². The molecule has 2 heterocycles. The molecular weight excluding hydrogens is 558 g/mol. The van der Waals surface area contributed by atoms with E-state index in [-0.39, 0.29) is 32.1 Å². The van der Waals surface area contributed by atoms with Crippen LogP contribution in [-0.2, 0) is 29.6 Å². The molecule has 12 heteroatoms. The van der Waals surface area contributed by atoms with Gasteiger partial charge in [-0.05, 0) is 60.4 Å². The Morgan fingerprint density at radius 3 is 2.57 bits per heavy atom.